The summed E-state index contributed by atoms with van der Waals surface area (Å²) in [6.07, 6.45) is 12.4. The van der Waals surface area contributed by atoms with Gasteiger partial charge in [0.15, 0.2) is 5.78 Å². The number of carbonyl (C=O) groups is 3. The van der Waals surface area contributed by atoms with E-state index in [1.807, 2.05) is 36.6 Å². The van der Waals surface area contributed by atoms with Crippen molar-refractivity contribution in [2.75, 3.05) is 12.9 Å². The number of hydrogen-bond donors (Lipinski definition) is 0. The van der Waals surface area contributed by atoms with E-state index in [2.05, 4.69) is 19.9 Å². The first-order valence-corrected chi connectivity index (χ1v) is 16.6. The second-order valence-electron chi connectivity index (χ2n) is 12.8. The van der Waals surface area contributed by atoms with Crippen LogP contribution in [-0.4, -0.2) is 36.2 Å². The molecule has 6 rings (SSSR count). The average molecular weight is 601 g/mol. The summed E-state index contributed by atoms with van der Waals surface area (Å²) in [5.41, 5.74) is -0.445. The first-order valence-electron chi connectivity index (χ1n) is 15.4. The van der Waals surface area contributed by atoms with Crippen molar-refractivity contribution in [2.45, 2.75) is 69.8 Å². The summed E-state index contributed by atoms with van der Waals surface area (Å²) in [6, 6.07) is 14.7. The summed E-state index contributed by atoms with van der Waals surface area (Å²) >= 11 is 1.67. The van der Waals surface area contributed by atoms with Crippen LogP contribution in [0.1, 0.15) is 69.7 Å². The van der Waals surface area contributed by atoms with Crippen LogP contribution in [0.2, 0.25) is 0 Å². The minimum absolute atomic E-state index is 0.0742. The van der Waals surface area contributed by atoms with Gasteiger partial charge in [-0.05, 0) is 130 Å². The van der Waals surface area contributed by atoms with Gasteiger partial charge in [0.05, 0.1) is 12.2 Å². The van der Waals surface area contributed by atoms with Crippen LogP contribution in [0, 0.1) is 28.6 Å². The molecule has 0 heterocycles. The van der Waals surface area contributed by atoms with E-state index in [9.17, 15) is 14.4 Å². The normalized spacial score (nSPS) is 32.6. The molecule has 2 aromatic carbocycles. The van der Waals surface area contributed by atoms with Gasteiger partial charge in [-0.15, -0.1) is 11.8 Å². The Kier molecular flexibility index (Phi) is 7.82. The molecule has 0 spiro atoms. The predicted octanol–water partition coefficient (Wildman–Crippen LogP) is 7.97. The van der Waals surface area contributed by atoms with Crippen LogP contribution < -0.4 is 4.74 Å². The Balaban J connectivity index is 1.24. The number of fused-ring (bicyclic) bond motifs is 5. The third kappa shape index (κ3) is 4.94. The Morgan fingerprint density at radius 3 is 2.28 bits per heavy atom. The third-order valence-corrected chi connectivity index (χ3v) is 11.7. The molecule has 0 aromatic heterocycles. The Morgan fingerprint density at radius 2 is 1.60 bits per heavy atom. The molecule has 0 amide bonds. The first kappa shape index (κ1) is 29.7. The smallest absolute Gasteiger partial charge is 0.351 e. The van der Waals surface area contributed by atoms with E-state index in [4.69, 9.17) is 14.2 Å². The van der Waals surface area contributed by atoms with Crippen molar-refractivity contribution >= 4 is 29.5 Å². The van der Waals surface area contributed by atoms with Crippen molar-refractivity contribution in [1.82, 2.24) is 0 Å². The standard InChI is InChI=1S/C36H40O6S/c1-5-40-33(39)36(42-32(38)23-6-9-26(10-7-23)41-27-11-13-28(43-4)14-12-27)21-18-31-29-15-8-24-22-25(37)16-19-34(24,2)30(29)17-20-35(31,36)3/h6-7,9-14,16,19,22,29-31H,5,8,15,17-18,20-21H2,1-4H3/t29-,30+,31+,34+,35+,36?/m1/s1. The maximum atomic E-state index is 13.8. The lowest BCUT2D eigenvalue weighted by Crippen LogP contribution is -2.59. The van der Waals surface area contributed by atoms with Gasteiger partial charge in [-0.3, -0.25) is 4.79 Å². The first-order chi connectivity index (χ1) is 20.6. The van der Waals surface area contributed by atoms with Crippen LogP contribution in [0.4, 0.5) is 0 Å². The van der Waals surface area contributed by atoms with Crippen LogP contribution in [0.25, 0.3) is 0 Å². The van der Waals surface area contributed by atoms with E-state index in [1.165, 1.54) is 5.57 Å². The Morgan fingerprint density at radius 1 is 0.930 bits per heavy atom. The van der Waals surface area contributed by atoms with Gasteiger partial charge in [-0.1, -0.05) is 25.5 Å². The number of allylic oxidation sites excluding steroid dienone is 4. The highest BCUT2D eigenvalue weighted by Gasteiger charge is 2.69. The Hall–Kier alpha value is -3.32. The van der Waals surface area contributed by atoms with E-state index in [0.717, 1.165) is 37.0 Å². The Labute approximate surface area is 258 Å². The molecular weight excluding hydrogens is 560 g/mol. The number of rotatable bonds is 7. The number of benzene rings is 2. The highest BCUT2D eigenvalue weighted by molar-refractivity contribution is 7.98. The van der Waals surface area contributed by atoms with Crippen LogP contribution in [0.3, 0.4) is 0 Å². The zero-order valence-corrected chi connectivity index (χ0v) is 26.2. The molecule has 3 fully saturated rings. The van der Waals surface area contributed by atoms with Crippen molar-refractivity contribution in [3.8, 4) is 11.5 Å². The molecule has 4 aliphatic carbocycles. The minimum atomic E-state index is -1.35. The molecule has 7 heteroatoms. The highest BCUT2D eigenvalue weighted by Crippen LogP contribution is 2.68. The summed E-state index contributed by atoms with van der Waals surface area (Å²) in [6.45, 7) is 6.42. The summed E-state index contributed by atoms with van der Waals surface area (Å²) in [7, 11) is 0. The SMILES string of the molecule is CCOC(=O)C1(OC(=O)c2ccc(Oc3ccc(SC)cc3)cc2)CC[C@H]2[C@@H]3CCC4=CC(=O)C=C[C@]4(C)[C@H]3CC[C@@]21C. The molecule has 4 aliphatic rings. The molecule has 0 radical (unpaired) electrons. The fourth-order valence-electron chi connectivity index (χ4n) is 8.64. The third-order valence-electron chi connectivity index (χ3n) is 10.9. The molecule has 0 saturated heterocycles. The molecule has 0 N–H and O–H groups in total. The van der Waals surface area contributed by atoms with Crippen LogP contribution in [0.15, 0.2) is 77.2 Å². The second-order valence-corrected chi connectivity index (χ2v) is 13.7. The molecule has 226 valence electrons. The lowest BCUT2D eigenvalue weighted by atomic mass is 9.47. The van der Waals surface area contributed by atoms with Gasteiger partial charge >= 0.3 is 11.9 Å². The van der Waals surface area contributed by atoms with E-state index >= 15 is 0 Å². The van der Waals surface area contributed by atoms with Crippen molar-refractivity contribution in [1.29, 1.82) is 0 Å². The van der Waals surface area contributed by atoms with Crippen LogP contribution >= 0.6 is 11.8 Å². The zero-order chi connectivity index (χ0) is 30.4. The number of carbonyl (C=O) groups excluding carboxylic acids is 3. The van der Waals surface area contributed by atoms with Gasteiger partial charge < -0.3 is 14.2 Å². The van der Waals surface area contributed by atoms with Gasteiger partial charge in [-0.25, -0.2) is 9.59 Å². The zero-order valence-electron chi connectivity index (χ0n) is 25.4. The summed E-state index contributed by atoms with van der Waals surface area (Å²) in [5, 5.41) is 0. The molecule has 2 aromatic rings. The van der Waals surface area contributed by atoms with E-state index in [1.54, 1.807) is 49.0 Å². The van der Waals surface area contributed by atoms with Crippen LogP contribution in [0.5, 0.6) is 11.5 Å². The van der Waals surface area contributed by atoms with Crippen molar-refractivity contribution in [3.63, 3.8) is 0 Å². The highest BCUT2D eigenvalue weighted by atomic mass is 32.2. The minimum Gasteiger partial charge on any atom is -0.463 e. The van der Waals surface area contributed by atoms with E-state index in [-0.39, 0.29) is 23.7 Å². The van der Waals surface area contributed by atoms with E-state index < -0.39 is 23.0 Å². The number of hydrogen-bond acceptors (Lipinski definition) is 7. The quantitative estimate of drug-likeness (QED) is 0.236. The van der Waals surface area contributed by atoms with Gasteiger partial charge in [0.2, 0.25) is 5.60 Å². The van der Waals surface area contributed by atoms with Gasteiger partial charge in [-0.2, -0.15) is 0 Å². The lowest BCUT2D eigenvalue weighted by Gasteiger charge is -2.58. The van der Waals surface area contributed by atoms with E-state index in [0.29, 0.717) is 35.3 Å². The topological polar surface area (TPSA) is 78.9 Å². The molecule has 1 unspecified atom stereocenters. The summed E-state index contributed by atoms with van der Waals surface area (Å²) in [4.78, 5) is 40.8. The second kappa shape index (κ2) is 11.3. The Bertz CT molecular complexity index is 1480. The number of ketones is 1. The molecule has 0 aliphatic heterocycles. The summed E-state index contributed by atoms with van der Waals surface area (Å²) < 4.78 is 18.0. The van der Waals surface area contributed by atoms with Crippen molar-refractivity contribution in [2.24, 2.45) is 28.6 Å². The van der Waals surface area contributed by atoms with Crippen molar-refractivity contribution in [3.05, 3.63) is 77.9 Å². The molecule has 0 bridgehead atoms. The number of thioether (sulfide) groups is 1. The molecular formula is C36H40O6S. The largest absolute Gasteiger partial charge is 0.463 e. The van der Waals surface area contributed by atoms with Gasteiger partial charge in [0.1, 0.15) is 11.5 Å². The fourth-order valence-corrected chi connectivity index (χ4v) is 9.05. The molecule has 3 saturated carbocycles. The number of ether oxygens (including phenoxy) is 3. The maximum absolute atomic E-state index is 13.8. The summed E-state index contributed by atoms with van der Waals surface area (Å²) in [5.74, 6) is 1.39. The molecule has 6 nitrogen and oxygen atoms in total. The number of esters is 2. The molecule has 43 heavy (non-hydrogen) atoms. The maximum Gasteiger partial charge on any atom is 0.351 e. The van der Waals surface area contributed by atoms with Crippen molar-refractivity contribution < 1.29 is 28.6 Å². The molecule has 6 atom stereocenters. The lowest BCUT2D eigenvalue weighted by molar-refractivity contribution is -0.187. The average Bonchev–Trinajstić information content (AvgIpc) is 3.31. The van der Waals surface area contributed by atoms with Crippen LogP contribution in [-0.2, 0) is 19.1 Å². The van der Waals surface area contributed by atoms with Gasteiger partial charge in [0, 0.05) is 15.7 Å². The predicted molar refractivity (Wildman–Crippen MR) is 166 cm³/mol. The monoisotopic (exact) mass is 600 g/mol. The fraction of sp³-hybridized carbons (Fsp3) is 0.472. The van der Waals surface area contributed by atoms with Gasteiger partial charge in [0.25, 0.3) is 0 Å².